The third-order valence-corrected chi connectivity index (χ3v) is 8.22. The number of ether oxygens (including phenoxy) is 2. The second-order valence-corrected chi connectivity index (χ2v) is 12.5. The third-order valence-electron chi connectivity index (χ3n) is 6.27. The van der Waals surface area contributed by atoms with Gasteiger partial charge in [-0.1, -0.05) is 34.8 Å². The fourth-order valence-corrected chi connectivity index (χ4v) is 5.72. The first-order chi connectivity index (χ1) is 17.5. The van der Waals surface area contributed by atoms with Crippen LogP contribution in [0.1, 0.15) is 5.56 Å². The fraction of sp³-hybridized carbons (Fsp3) is 0.375. The van der Waals surface area contributed by atoms with Crippen molar-refractivity contribution in [3.8, 4) is 11.5 Å². The number of aromatic nitrogens is 1. The van der Waals surface area contributed by atoms with Gasteiger partial charge in [-0.3, -0.25) is 4.79 Å². The molecule has 0 bridgehead atoms. The number of nitrogens with zero attached hydrogens (tertiary/aromatic N) is 2. The van der Waals surface area contributed by atoms with Crippen LogP contribution in [-0.4, -0.2) is 74.9 Å². The highest BCUT2D eigenvalue weighted by Crippen LogP contribution is 2.33. The summed E-state index contributed by atoms with van der Waals surface area (Å²) in [6.45, 7) is 1.69. The van der Waals surface area contributed by atoms with E-state index in [9.17, 15) is 13.2 Å². The summed E-state index contributed by atoms with van der Waals surface area (Å²) >= 11 is 17.2. The number of anilines is 1. The van der Waals surface area contributed by atoms with Crippen molar-refractivity contribution in [2.45, 2.75) is 15.1 Å². The highest BCUT2D eigenvalue weighted by molar-refractivity contribution is 7.89. The van der Waals surface area contributed by atoms with Crippen LogP contribution in [0.2, 0.25) is 0 Å². The number of amides is 1. The zero-order valence-corrected chi connectivity index (χ0v) is 23.3. The van der Waals surface area contributed by atoms with E-state index in [-0.39, 0.29) is 11.4 Å². The molecule has 1 saturated heterocycles. The van der Waals surface area contributed by atoms with E-state index >= 15 is 0 Å². The van der Waals surface area contributed by atoms with Crippen molar-refractivity contribution in [1.29, 1.82) is 0 Å². The van der Waals surface area contributed by atoms with Gasteiger partial charge in [-0.15, -0.1) is 0 Å². The summed E-state index contributed by atoms with van der Waals surface area (Å²) in [7, 11) is -0.670. The van der Waals surface area contributed by atoms with Crippen LogP contribution < -0.4 is 19.1 Å². The number of benzene rings is 2. The topological polar surface area (TPSA) is 104 Å². The molecule has 0 saturated carbocycles. The van der Waals surface area contributed by atoms with Gasteiger partial charge in [0.25, 0.3) is 9.70 Å². The molecule has 2 N–H and O–H groups in total. The predicted molar refractivity (Wildman–Crippen MR) is 146 cm³/mol. The second kappa shape index (κ2) is 11.2. The van der Waals surface area contributed by atoms with Crippen LogP contribution >= 0.6 is 34.8 Å². The maximum atomic E-state index is 13.1. The van der Waals surface area contributed by atoms with Gasteiger partial charge in [0.1, 0.15) is 11.5 Å². The molecule has 0 unspecified atom stereocenters. The van der Waals surface area contributed by atoms with E-state index < -0.39 is 19.7 Å². The van der Waals surface area contributed by atoms with Crippen molar-refractivity contribution in [2.75, 3.05) is 51.8 Å². The molecule has 1 fully saturated rings. The van der Waals surface area contributed by atoms with Crippen molar-refractivity contribution in [1.82, 2.24) is 14.6 Å². The van der Waals surface area contributed by atoms with Gasteiger partial charge in [0, 0.05) is 49.8 Å². The average Bonchev–Trinajstić information content (AvgIpc) is 3.29. The molecule has 2 heterocycles. The van der Waals surface area contributed by atoms with E-state index in [1.807, 2.05) is 29.3 Å². The van der Waals surface area contributed by atoms with Crippen LogP contribution in [0.15, 0.2) is 47.5 Å². The van der Waals surface area contributed by atoms with Crippen molar-refractivity contribution < 1.29 is 22.7 Å². The minimum atomic E-state index is -3.79. The normalized spacial score (nSPS) is 14.7. The Hall–Kier alpha value is -2.37. The molecule has 13 heteroatoms. The van der Waals surface area contributed by atoms with E-state index in [1.165, 1.54) is 18.1 Å². The van der Waals surface area contributed by atoms with Gasteiger partial charge in [-0.25, -0.2) is 13.1 Å². The number of halogens is 3. The maximum absolute atomic E-state index is 13.1. The summed E-state index contributed by atoms with van der Waals surface area (Å²) in [5, 5.41) is 0.984. The Balaban J connectivity index is 1.45. The standard InChI is InChI=1S/C24H27Cl3N4O5S/c1-35-17-3-5-20-19(13-17)16(15-28-20)7-8-29-37(33,34)18-4-6-22(36-2)21(14-18)30-9-11-31(12-10-30)23(32)24(25,26)27/h3-6,13-15,28-29H,7-12H2,1-2H3. The lowest BCUT2D eigenvalue weighted by molar-refractivity contribution is -0.130. The van der Waals surface area contributed by atoms with E-state index in [1.54, 1.807) is 19.2 Å². The highest BCUT2D eigenvalue weighted by Gasteiger charge is 2.36. The second-order valence-electron chi connectivity index (χ2n) is 8.48. The van der Waals surface area contributed by atoms with Crippen LogP contribution in [0, 0.1) is 0 Å². The fourth-order valence-electron chi connectivity index (χ4n) is 4.31. The molecule has 0 spiro atoms. The van der Waals surface area contributed by atoms with Gasteiger partial charge in [0.2, 0.25) is 10.0 Å². The molecule has 1 aliphatic rings. The van der Waals surface area contributed by atoms with Gasteiger partial charge < -0.3 is 24.3 Å². The van der Waals surface area contributed by atoms with Gasteiger partial charge in [-0.2, -0.15) is 0 Å². The SMILES string of the molecule is COc1ccc2[nH]cc(CCNS(=O)(=O)c3ccc(OC)c(N4CCN(C(=O)C(Cl)(Cl)Cl)CC4)c3)c2c1. The molecule has 0 radical (unpaired) electrons. The summed E-state index contributed by atoms with van der Waals surface area (Å²) in [6.07, 6.45) is 2.37. The summed E-state index contributed by atoms with van der Waals surface area (Å²) in [6, 6.07) is 10.4. The largest absolute Gasteiger partial charge is 0.497 e. The monoisotopic (exact) mass is 588 g/mol. The number of hydrogen-bond donors (Lipinski definition) is 2. The number of sulfonamides is 1. The zero-order valence-electron chi connectivity index (χ0n) is 20.3. The molecule has 0 atom stereocenters. The lowest BCUT2D eigenvalue weighted by Crippen LogP contribution is -2.51. The number of nitrogens with one attached hydrogen (secondary N) is 2. The van der Waals surface area contributed by atoms with Crippen LogP contribution in [0.5, 0.6) is 11.5 Å². The van der Waals surface area contributed by atoms with Crippen molar-refractivity contribution in [3.63, 3.8) is 0 Å². The highest BCUT2D eigenvalue weighted by atomic mass is 35.6. The van der Waals surface area contributed by atoms with Gasteiger partial charge in [0.05, 0.1) is 24.8 Å². The maximum Gasteiger partial charge on any atom is 0.274 e. The van der Waals surface area contributed by atoms with E-state index in [0.717, 1.165) is 22.2 Å². The summed E-state index contributed by atoms with van der Waals surface area (Å²) in [4.78, 5) is 19.0. The number of alkyl halides is 3. The van der Waals surface area contributed by atoms with E-state index in [2.05, 4.69) is 9.71 Å². The number of H-pyrrole nitrogens is 1. The number of aromatic amines is 1. The van der Waals surface area contributed by atoms with Crippen LogP contribution in [-0.2, 0) is 21.2 Å². The number of fused-ring (bicyclic) bond motifs is 1. The zero-order chi connectivity index (χ0) is 26.8. The van der Waals surface area contributed by atoms with E-state index in [0.29, 0.717) is 44.0 Å². The van der Waals surface area contributed by atoms with E-state index in [4.69, 9.17) is 44.3 Å². The Morgan fingerprint density at radius 2 is 1.78 bits per heavy atom. The predicted octanol–water partition coefficient (Wildman–Crippen LogP) is 3.72. The molecule has 9 nitrogen and oxygen atoms in total. The molecule has 4 rings (SSSR count). The molecular weight excluding hydrogens is 563 g/mol. The molecule has 1 aromatic heterocycles. The van der Waals surface area contributed by atoms with Gasteiger partial charge in [0.15, 0.2) is 0 Å². The smallest absolute Gasteiger partial charge is 0.274 e. The van der Waals surface area contributed by atoms with Gasteiger partial charge >= 0.3 is 0 Å². The first-order valence-electron chi connectivity index (χ1n) is 11.5. The molecule has 37 heavy (non-hydrogen) atoms. The summed E-state index contributed by atoms with van der Waals surface area (Å²) in [5.74, 6) is 0.670. The Bertz CT molecular complexity index is 1380. The number of rotatable bonds is 8. The van der Waals surface area contributed by atoms with Crippen molar-refractivity contribution in [3.05, 3.63) is 48.2 Å². The molecule has 200 valence electrons. The van der Waals surface area contributed by atoms with Gasteiger partial charge in [-0.05, 0) is 48.4 Å². The number of piperazine rings is 1. The minimum absolute atomic E-state index is 0.115. The van der Waals surface area contributed by atoms with Crippen LogP contribution in [0.25, 0.3) is 10.9 Å². The number of carbonyl (C=O) groups is 1. The van der Waals surface area contributed by atoms with Crippen LogP contribution in [0.3, 0.4) is 0 Å². The Morgan fingerprint density at radius 3 is 2.43 bits per heavy atom. The molecule has 1 aliphatic heterocycles. The first kappa shape index (κ1) is 27.7. The average molecular weight is 590 g/mol. The number of methoxy groups -OCH3 is 2. The summed E-state index contributed by atoms with van der Waals surface area (Å²) < 4.78 is 37.7. The molecular formula is C24H27Cl3N4O5S. The van der Waals surface area contributed by atoms with Crippen molar-refractivity contribution >= 4 is 67.3 Å². The molecule has 2 aromatic carbocycles. The lowest BCUT2D eigenvalue weighted by Gasteiger charge is -2.37. The Kier molecular flexibility index (Phi) is 8.35. The lowest BCUT2D eigenvalue weighted by atomic mass is 10.1. The van der Waals surface area contributed by atoms with Crippen molar-refractivity contribution in [2.24, 2.45) is 0 Å². The minimum Gasteiger partial charge on any atom is -0.497 e. The Morgan fingerprint density at radius 1 is 1.05 bits per heavy atom. The molecule has 0 aliphatic carbocycles. The van der Waals surface area contributed by atoms with Crippen LogP contribution in [0.4, 0.5) is 5.69 Å². The summed E-state index contributed by atoms with van der Waals surface area (Å²) in [5.41, 5.74) is 2.54. The molecule has 1 amide bonds. The Labute approximate surface area is 230 Å². The first-order valence-corrected chi connectivity index (χ1v) is 14.1. The third kappa shape index (κ3) is 6.21. The number of carbonyl (C=O) groups excluding carboxylic acids is 1. The number of hydrogen-bond acceptors (Lipinski definition) is 6. The quantitative estimate of drug-likeness (QED) is 0.388. The molecule has 3 aromatic rings.